The van der Waals surface area contributed by atoms with E-state index < -0.39 is 97.5 Å². The maximum absolute atomic E-state index is 13.1. The number of phosphoric acid groups is 2. The molecule has 0 aliphatic rings. The molecule has 3 N–H and O–H groups in total. The van der Waals surface area contributed by atoms with Crippen LogP contribution in [-0.4, -0.2) is 96.7 Å². The first-order valence-electron chi connectivity index (χ1n) is 39.0. The zero-order chi connectivity index (χ0) is 69.3. The molecule has 0 amide bonds. The highest BCUT2D eigenvalue weighted by Gasteiger charge is 2.30. The molecule has 19 heteroatoms. The minimum Gasteiger partial charge on any atom is -0.462 e. The Labute approximate surface area is 575 Å². The minimum atomic E-state index is -4.96. The number of aliphatic hydroxyl groups is 1. The third-order valence-corrected chi connectivity index (χ3v) is 19.7. The smallest absolute Gasteiger partial charge is 0.462 e. The molecule has 0 aromatic rings. The molecule has 0 saturated heterocycles. The fourth-order valence-electron chi connectivity index (χ4n) is 11.4. The molecule has 0 aromatic carbocycles. The Morgan fingerprint density at radius 2 is 0.543 bits per heavy atom. The fraction of sp³-hybridized carbons (Fsp3) is 0.947. The first kappa shape index (κ1) is 92.1. The zero-order valence-electron chi connectivity index (χ0n) is 61.3. The second-order valence-electron chi connectivity index (χ2n) is 27.8. The Balaban J connectivity index is 5.21. The molecule has 558 valence electrons. The quantitative estimate of drug-likeness (QED) is 0.0222. The number of hydrogen-bond acceptors (Lipinski definition) is 15. The van der Waals surface area contributed by atoms with Gasteiger partial charge in [0.1, 0.15) is 19.3 Å². The monoisotopic (exact) mass is 1380 g/mol. The zero-order valence-corrected chi connectivity index (χ0v) is 63.1. The Kier molecular flexibility index (Phi) is 65.5. The van der Waals surface area contributed by atoms with Crippen LogP contribution < -0.4 is 0 Å². The van der Waals surface area contributed by atoms with Crippen molar-refractivity contribution in [1.29, 1.82) is 0 Å². The summed E-state index contributed by atoms with van der Waals surface area (Å²) in [6.07, 6.45) is 54.2. The molecule has 0 spiro atoms. The van der Waals surface area contributed by atoms with Crippen LogP contribution in [-0.2, 0) is 65.4 Å². The average molecular weight is 1380 g/mol. The van der Waals surface area contributed by atoms with Crippen LogP contribution in [0, 0.1) is 11.8 Å². The van der Waals surface area contributed by atoms with Crippen LogP contribution in [0.5, 0.6) is 0 Å². The van der Waals surface area contributed by atoms with Gasteiger partial charge in [0.15, 0.2) is 12.2 Å². The van der Waals surface area contributed by atoms with Crippen molar-refractivity contribution < 1.29 is 80.2 Å². The maximum Gasteiger partial charge on any atom is 0.472 e. The van der Waals surface area contributed by atoms with E-state index in [2.05, 4.69) is 41.5 Å². The Hall–Kier alpha value is -1.94. The van der Waals surface area contributed by atoms with E-state index in [0.29, 0.717) is 25.7 Å². The minimum absolute atomic E-state index is 0.105. The summed E-state index contributed by atoms with van der Waals surface area (Å²) in [7, 11) is -9.91. The summed E-state index contributed by atoms with van der Waals surface area (Å²) in [5.41, 5.74) is 0. The van der Waals surface area contributed by atoms with E-state index in [1.165, 1.54) is 199 Å². The third-order valence-electron chi connectivity index (χ3n) is 17.8. The van der Waals surface area contributed by atoms with Crippen LogP contribution in [0.25, 0.3) is 0 Å². The van der Waals surface area contributed by atoms with E-state index in [1.54, 1.807) is 0 Å². The van der Waals surface area contributed by atoms with Crippen molar-refractivity contribution in [2.75, 3.05) is 39.6 Å². The maximum atomic E-state index is 13.1. The van der Waals surface area contributed by atoms with Gasteiger partial charge in [0.05, 0.1) is 26.4 Å². The first-order chi connectivity index (χ1) is 45.4. The van der Waals surface area contributed by atoms with Gasteiger partial charge < -0.3 is 33.8 Å². The molecular weight excluding hydrogens is 1230 g/mol. The van der Waals surface area contributed by atoms with Gasteiger partial charge in [0, 0.05) is 25.7 Å². The SMILES string of the molecule is CCCCCCCCCCCCCCCCCCCCCC(=O)O[C@H](COC(=O)CCCCCCCCCCCCCCC(C)C)COP(=O)(O)OC[C@@H](O)COP(=O)(O)OC[C@@H](COC(=O)CCCCCCCCCC)OC(=O)CCCCCCCCCCC(C)CC. The number of hydrogen-bond donors (Lipinski definition) is 3. The molecule has 0 aliphatic carbocycles. The summed E-state index contributed by atoms with van der Waals surface area (Å²) in [6.45, 7) is 9.57. The predicted octanol–water partition coefficient (Wildman–Crippen LogP) is 21.9. The standard InChI is InChI=1S/C75H146O17P2/c1-7-10-12-14-16-18-19-20-21-22-23-24-25-26-31-34-41-47-53-59-74(79)91-71(64-86-73(78)58-52-46-40-33-30-28-27-29-32-37-43-49-55-67(4)5)66-90-94(83,84)88-62-69(76)61-87-93(81,82)89-65-70(63-85-72(77)57-51-45-39-17-15-13-11-8-2)92-75(80)60-54-48-42-36-35-38-44-50-56-68(6)9-3/h67-71,76H,7-66H2,1-6H3,(H,81,82)(H,83,84)/t68?,69-,70+,71+/m0/s1. The predicted molar refractivity (Wildman–Crippen MR) is 381 cm³/mol. The number of esters is 4. The van der Waals surface area contributed by atoms with Gasteiger partial charge in [-0.3, -0.25) is 37.3 Å². The highest BCUT2D eigenvalue weighted by atomic mass is 31.2. The van der Waals surface area contributed by atoms with Gasteiger partial charge in [-0.05, 0) is 37.5 Å². The van der Waals surface area contributed by atoms with Crippen LogP contribution >= 0.6 is 15.6 Å². The summed E-state index contributed by atoms with van der Waals surface area (Å²) >= 11 is 0. The van der Waals surface area contributed by atoms with E-state index in [1.807, 2.05) is 0 Å². The number of carbonyl (C=O) groups excluding carboxylic acids is 4. The molecule has 6 atom stereocenters. The lowest BCUT2D eigenvalue weighted by molar-refractivity contribution is -0.161. The van der Waals surface area contributed by atoms with Crippen molar-refractivity contribution in [2.24, 2.45) is 11.8 Å². The van der Waals surface area contributed by atoms with Crippen molar-refractivity contribution >= 4 is 39.5 Å². The van der Waals surface area contributed by atoms with Crippen molar-refractivity contribution in [2.45, 2.75) is 407 Å². The largest absolute Gasteiger partial charge is 0.472 e. The lowest BCUT2D eigenvalue weighted by Crippen LogP contribution is -2.30. The number of unbranched alkanes of at least 4 members (excludes halogenated alkanes) is 43. The van der Waals surface area contributed by atoms with Crippen molar-refractivity contribution in [3.05, 3.63) is 0 Å². The van der Waals surface area contributed by atoms with Crippen LogP contribution in [0.3, 0.4) is 0 Å². The number of rotatable bonds is 74. The molecule has 0 heterocycles. The van der Waals surface area contributed by atoms with Gasteiger partial charge >= 0.3 is 39.5 Å². The fourth-order valence-corrected chi connectivity index (χ4v) is 13.0. The molecule has 0 radical (unpaired) electrons. The average Bonchev–Trinajstić information content (AvgIpc) is 1.91. The van der Waals surface area contributed by atoms with Crippen LogP contribution in [0.15, 0.2) is 0 Å². The van der Waals surface area contributed by atoms with Gasteiger partial charge in [0.2, 0.25) is 0 Å². The number of ether oxygens (including phenoxy) is 4. The van der Waals surface area contributed by atoms with Gasteiger partial charge in [-0.15, -0.1) is 0 Å². The molecule has 0 rings (SSSR count). The Morgan fingerprint density at radius 3 is 0.809 bits per heavy atom. The van der Waals surface area contributed by atoms with E-state index in [0.717, 1.165) is 108 Å². The van der Waals surface area contributed by atoms with Gasteiger partial charge in [-0.2, -0.15) is 0 Å². The van der Waals surface area contributed by atoms with Crippen molar-refractivity contribution in [1.82, 2.24) is 0 Å². The topological polar surface area (TPSA) is 237 Å². The second kappa shape index (κ2) is 66.9. The molecule has 0 bridgehead atoms. The molecule has 0 aromatic heterocycles. The molecule has 17 nitrogen and oxygen atoms in total. The molecule has 3 unspecified atom stereocenters. The van der Waals surface area contributed by atoms with Crippen LogP contribution in [0.2, 0.25) is 0 Å². The van der Waals surface area contributed by atoms with E-state index >= 15 is 0 Å². The molecular formula is C75H146O17P2. The molecule has 0 fully saturated rings. The third kappa shape index (κ3) is 67.3. The highest BCUT2D eigenvalue weighted by Crippen LogP contribution is 2.45. The molecule has 94 heavy (non-hydrogen) atoms. The summed E-state index contributed by atoms with van der Waals surface area (Å²) in [6, 6.07) is 0. The lowest BCUT2D eigenvalue weighted by atomic mass is 9.99. The van der Waals surface area contributed by atoms with Crippen molar-refractivity contribution in [3.63, 3.8) is 0 Å². The summed E-state index contributed by atoms with van der Waals surface area (Å²) in [4.78, 5) is 72.7. The van der Waals surface area contributed by atoms with E-state index in [4.69, 9.17) is 37.0 Å². The van der Waals surface area contributed by atoms with E-state index in [9.17, 15) is 43.2 Å². The summed E-state index contributed by atoms with van der Waals surface area (Å²) in [5, 5.41) is 10.6. The normalized spacial score (nSPS) is 14.3. The molecule has 0 saturated carbocycles. The molecule has 0 aliphatic heterocycles. The lowest BCUT2D eigenvalue weighted by Gasteiger charge is -2.21. The van der Waals surface area contributed by atoms with Crippen LogP contribution in [0.1, 0.15) is 388 Å². The Bertz CT molecular complexity index is 1820. The Morgan fingerprint density at radius 1 is 0.309 bits per heavy atom. The van der Waals surface area contributed by atoms with E-state index in [-0.39, 0.29) is 25.7 Å². The number of carbonyl (C=O) groups is 4. The van der Waals surface area contributed by atoms with Crippen molar-refractivity contribution in [3.8, 4) is 0 Å². The van der Waals surface area contributed by atoms with Crippen LogP contribution in [0.4, 0.5) is 0 Å². The van der Waals surface area contributed by atoms with Gasteiger partial charge in [-0.25, -0.2) is 9.13 Å². The number of aliphatic hydroxyl groups excluding tert-OH is 1. The second-order valence-corrected chi connectivity index (χ2v) is 30.7. The number of phosphoric ester groups is 2. The summed E-state index contributed by atoms with van der Waals surface area (Å²) < 4.78 is 68.4. The first-order valence-corrected chi connectivity index (χ1v) is 42.0. The van der Waals surface area contributed by atoms with Gasteiger partial charge in [-0.1, -0.05) is 337 Å². The highest BCUT2D eigenvalue weighted by molar-refractivity contribution is 7.47. The summed E-state index contributed by atoms with van der Waals surface area (Å²) in [5.74, 6) is -0.569. The van der Waals surface area contributed by atoms with Gasteiger partial charge in [0.25, 0.3) is 0 Å².